The molecule has 0 saturated heterocycles. The molecule has 0 unspecified atom stereocenters. The lowest BCUT2D eigenvalue weighted by Crippen LogP contribution is -2.13. The molecule has 0 spiro atoms. The Kier molecular flexibility index (Phi) is 5.89. The van der Waals surface area contributed by atoms with Crippen LogP contribution in [0.15, 0.2) is 35.0 Å². The third-order valence-electron chi connectivity index (χ3n) is 2.89. The monoisotopic (exact) mass is 291 g/mol. The van der Waals surface area contributed by atoms with Crippen molar-refractivity contribution in [3.8, 4) is 11.5 Å². The van der Waals surface area contributed by atoms with Crippen molar-refractivity contribution in [2.75, 3.05) is 13.2 Å². The SMILES string of the molecule is CCNCc1cccc(OCC)c1OCc1ccsc1. The van der Waals surface area contributed by atoms with Gasteiger partial charge in [0.1, 0.15) is 6.61 Å². The van der Waals surface area contributed by atoms with E-state index in [1.165, 1.54) is 5.56 Å². The molecule has 0 aliphatic carbocycles. The molecule has 2 rings (SSSR count). The lowest BCUT2D eigenvalue weighted by Gasteiger charge is -2.16. The van der Waals surface area contributed by atoms with Crippen LogP contribution in [-0.2, 0) is 13.2 Å². The van der Waals surface area contributed by atoms with Crippen LogP contribution in [0.3, 0.4) is 0 Å². The van der Waals surface area contributed by atoms with Gasteiger partial charge in [-0.2, -0.15) is 11.3 Å². The van der Waals surface area contributed by atoms with Gasteiger partial charge < -0.3 is 14.8 Å². The Morgan fingerprint density at radius 1 is 1.15 bits per heavy atom. The Morgan fingerprint density at radius 2 is 2.05 bits per heavy atom. The maximum absolute atomic E-state index is 6.00. The zero-order chi connectivity index (χ0) is 14.2. The molecule has 0 amide bonds. The third-order valence-corrected chi connectivity index (χ3v) is 3.62. The molecule has 1 aromatic heterocycles. The molecule has 3 nitrogen and oxygen atoms in total. The molecule has 2 aromatic rings. The van der Waals surface area contributed by atoms with E-state index < -0.39 is 0 Å². The molecule has 0 fully saturated rings. The van der Waals surface area contributed by atoms with E-state index in [2.05, 4.69) is 35.1 Å². The fraction of sp³-hybridized carbons (Fsp3) is 0.375. The number of benzene rings is 1. The van der Waals surface area contributed by atoms with Gasteiger partial charge >= 0.3 is 0 Å². The molecule has 0 bridgehead atoms. The van der Waals surface area contributed by atoms with Gasteiger partial charge in [-0.3, -0.25) is 0 Å². The summed E-state index contributed by atoms with van der Waals surface area (Å²) in [7, 11) is 0. The first-order chi connectivity index (χ1) is 9.85. The van der Waals surface area contributed by atoms with Crippen LogP contribution in [0.25, 0.3) is 0 Å². The minimum Gasteiger partial charge on any atom is -0.490 e. The Hall–Kier alpha value is -1.52. The van der Waals surface area contributed by atoms with Gasteiger partial charge in [-0.25, -0.2) is 0 Å². The van der Waals surface area contributed by atoms with Crippen LogP contribution in [0.2, 0.25) is 0 Å². The van der Waals surface area contributed by atoms with Crippen LogP contribution in [0.4, 0.5) is 0 Å². The number of ether oxygens (including phenoxy) is 2. The molecule has 0 radical (unpaired) electrons. The Labute approximate surface area is 124 Å². The zero-order valence-electron chi connectivity index (χ0n) is 12.0. The Bertz CT molecular complexity index is 511. The molecule has 0 aliphatic rings. The van der Waals surface area contributed by atoms with E-state index in [-0.39, 0.29) is 0 Å². The molecular formula is C16H21NO2S. The van der Waals surface area contributed by atoms with Crippen LogP contribution in [0, 0.1) is 0 Å². The van der Waals surface area contributed by atoms with Gasteiger partial charge in [-0.05, 0) is 41.9 Å². The van der Waals surface area contributed by atoms with Crippen LogP contribution in [0.1, 0.15) is 25.0 Å². The maximum atomic E-state index is 6.00. The number of hydrogen-bond donors (Lipinski definition) is 1. The first-order valence-corrected chi connectivity index (χ1v) is 7.88. The molecule has 108 valence electrons. The van der Waals surface area contributed by atoms with E-state index in [9.17, 15) is 0 Å². The highest BCUT2D eigenvalue weighted by Crippen LogP contribution is 2.32. The van der Waals surface area contributed by atoms with E-state index in [0.717, 1.165) is 30.2 Å². The molecule has 4 heteroatoms. The number of para-hydroxylation sites is 1. The van der Waals surface area contributed by atoms with Gasteiger partial charge in [0.2, 0.25) is 0 Å². The second-order valence-corrected chi connectivity index (χ2v) is 5.16. The standard InChI is InChI=1S/C16H21NO2S/c1-3-17-10-14-6-5-7-15(18-4-2)16(14)19-11-13-8-9-20-12-13/h5-9,12,17H,3-4,10-11H2,1-2H3. The van der Waals surface area contributed by atoms with Crippen LogP contribution < -0.4 is 14.8 Å². The molecular weight excluding hydrogens is 270 g/mol. The van der Waals surface area contributed by atoms with E-state index in [1.807, 2.05) is 19.1 Å². The zero-order valence-corrected chi connectivity index (χ0v) is 12.8. The van der Waals surface area contributed by atoms with Crippen molar-refractivity contribution in [2.45, 2.75) is 27.0 Å². The largest absolute Gasteiger partial charge is 0.490 e. The lowest BCUT2D eigenvalue weighted by molar-refractivity contribution is 0.266. The normalized spacial score (nSPS) is 10.5. The fourth-order valence-corrected chi connectivity index (χ4v) is 2.58. The van der Waals surface area contributed by atoms with E-state index >= 15 is 0 Å². The first-order valence-electron chi connectivity index (χ1n) is 6.94. The second-order valence-electron chi connectivity index (χ2n) is 4.38. The predicted molar refractivity (Wildman–Crippen MR) is 83.6 cm³/mol. The Morgan fingerprint density at radius 3 is 2.75 bits per heavy atom. The topological polar surface area (TPSA) is 30.5 Å². The van der Waals surface area contributed by atoms with Crippen molar-refractivity contribution in [3.05, 3.63) is 46.2 Å². The lowest BCUT2D eigenvalue weighted by atomic mass is 10.2. The fourth-order valence-electron chi connectivity index (χ4n) is 1.92. The van der Waals surface area contributed by atoms with Gasteiger partial charge in [0.15, 0.2) is 11.5 Å². The molecule has 1 N–H and O–H groups in total. The highest BCUT2D eigenvalue weighted by molar-refractivity contribution is 7.07. The molecule has 1 heterocycles. The van der Waals surface area contributed by atoms with Crippen molar-refractivity contribution in [3.63, 3.8) is 0 Å². The minimum atomic E-state index is 0.576. The number of rotatable bonds is 8. The molecule has 0 aliphatic heterocycles. The summed E-state index contributed by atoms with van der Waals surface area (Å²) in [5.74, 6) is 1.67. The molecule has 1 aromatic carbocycles. The van der Waals surface area contributed by atoms with Gasteiger partial charge in [0.25, 0.3) is 0 Å². The van der Waals surface area contributed by atoms with Crippen LogP contribution in [0.5, 0.6) is 11.5 Å². The van der Waals surface area contributed by atoms with Gasteiger partial charge in [0.05, 0.1) is 6.61 Å². The second kappa shape index (κ2) is 7.92. The van der Waals surface area contributed by atoms with E-state index in [1.54, 1.807) is 11.3 Å². The van der Waals surface area contributed by atoms with Crippen molar-refractivity contribution in [2.24, 2.45) is 0 Å². The average Bonchev–Trinajstić information content (AvgIpc) is 2.97. The number of thiophene rings is 1. The average molecular weight is 291 g/mol. The maximum Gasteiger partial charge on any atom is 0.166 e. The van der Waals surface area contributed by atoms with Crippen LogP contribution >= 0.6 is 11.3 Å². The van der Waals surface area contributed by atoms with E-state index in [4.69, 9.17) is 9.47 Å². The van der Waals surface area contributed by atoms with Crippen molar-refractivity contribution in [1.82, 2.24) is 5.32 Å². The highest BCUT2D eigenvalue weighted by atomic mass is 32.1. The van der Waals surface area contributed by atoms with E-state index in [0.29, 0.717) is 13.2 Å². The van der Waals surface area contributed by atoms with Crippen molar-refractivity contribution >= 4 is 11.3 Å². The predicted octanol–water partition coefficient (Wildman–Crippen LogP) is 3.84. The van der Waals surface area contributed by atoms with Gasteiger partial charge in [-0.15, -0.1) is 0 Å². The smallest absolute Gasteiger partial charge is 0.166 e. The summed E-state index contributed by atoms with van der Waals surface area (Å²) < 4.78 is 11.7. The van der Waals surface area contributed by atoms with Gasteiger partial charge in [0, 0.05) is 12.1 Å². The highest BCUT2D eigenvalue weighted by Gasteiger charge is 2.11. The van der Waals surface area contributed by atoms with Crippen molar-refractivity contribution < 1.29 is 9.47 Å². The molecule has 0 atom stereocenters. The summed E-state index contributed by atoms with van der Waals surface area (Å²) >= 11 is 1.68. The summed E-state index contributed by atoms with van der Waals surface area (Å²) in [6.45, 7) is 7.02. The van der Waals surface area contributed by atoms with Crippen LogP contribution in [-0.4, -0.2) is 13.2 Å². The summed E-state index contributed by atoms with van der Waals surface area (Å²) in [6, 6.07) is 8.13. The molecule has 0 saturated carbocycles. The first kappa shape index (κ1) is 14.9. The summed E-state index contributed by atoms with van der Waals surface area (Å²) in [6.07, 6.45) is 0. The quantitative estimate of drug-likeness (QED) is 0.801. The summed E-state index contributed by atoms with van der Waals surface area (Å²) in [5.41, 5.74) is 2.32. The van der Waals surface area contributed by atoms with Gasteiger partial charge in [-0.1, -0.05) is 19.1 Å². The third kappa shape index (κ3) is 3.99. The number of hydrogen-bond acceptors (Lipinski definition) is 4. The number of nitrogens with one attached hydrogen (secondary N) is 1. The Balaban J connectivity index is 2.16. The molecule has 20 heavy (non-hydrogen) atoms. The van der Waals surface area contributed by atoms with Crippen molar-refractivity contribution in [1.29, 1.82) is 0 Å². The summed E-state index contributed by atoms with van der Waals surface area (Å²) in [5, 5.41) is 7.50. The summed E-state index contributed by atoms with van der Waals surface area (Å²) in [4.78, 5) is 0. The minimum absolute atomic E-state index is 0.576.